The third kappa shape index (κ3) is 4.58. The summed E-state index contributed by atoms with van der Waals surface area (Å²) in [5, 5.41) is 3.57. The number of rotatable bonds is 6. The van der Waals surface area contributed by atoms with Crippen LogP contribution in [0.3, 0.4) is 0 Å². The van der Waals surface area contributed by atoms with Crippen LogP contribution in [0.2, 0.25) is 0 Å². The van der Waals surface area contributed by atoms with Crippen molar-refractivity contribution in [1.82, 2.24) is 10.2 Å². The van der Waals surface area contributed by atoms with Crippen LogP contribution in [0, 0.1) is 20.8 Å². The van der Waals surface area contributed by atoms with E-state index in [1.807, 2.05) is 0 Å². The molecule has 2 rings (SSSR count). The van der Waals surface area contributed by atoms with Crippen LogP contribution < -0.4 is 5.32 Å². The van der Waals surface area contributed by atoms with Crippen LogP contribution in [-0.4, -0.2) is 44.3 Å². The van der Waals surface area contributed by atoms with Crippen molar-refractivity contribution in [2.45, 2.75) is 33.7 Å². The zero-order valence-electron chi connectivity index (χ0n) is 13.2. The summed E-state index contributed by atoms with van der Waals surface area (Å²) in [6, 6.07) is 4.61. The van der Waals surface area contributed by atoms with Gasteiger partial charge in [0.15, 0.2) is 0 Å². The van der Waals surface area contributed by atoms with Crippen molar-refractivity contribution < 1.29 is 4.74 Å². The van der Waals surface area contributed by atoms with Gasteiger partial charge in [-0.15, -0.1) is 0 Å². The maximum atomic E-state index is 5.36. The molecule has 1 aromatic rings. The number of benzene rings is 1. The summed E-state index contributed by atoms with van der Waals surface area (Å²) in [4.78, 5) is 2.49. The lowest BCUT2D eigenvalue weighted by Gasteiger charge is -2.26. The van der Waals surface area contributed by atoms with E-state index in [1.165, 1.54) is 35.2 Å². The molecule has 20 heavy (non-hydrogen) atoms. The molecule has 3 nitrogen and oxygen atoms in total. The molecule has 1 aliphatic heterocycles. The fourth-order valence-corrected chi connectivity index (χ4v) is 2.69. The van der Waals surface area contributed by atoms with E-state index < -0.39 is 0 Å². The Morgan fingerprint density at radius 2 is 1.75 bits per heavy atom. The van der Waals surface area contributed by atoms with Crippen molar-refractivity contribution in [3.63, 3.8) is 0 Å². The molecule has 1 fully saturated rings. The summed E-state index contributed by atoms with van der Waals surface area (Å²) < 4.78 is 5.36. The van der Waals surface area contributed by atoms with Crippen molar-refractivity contribution in [1.29, 1.82) is 0 Å². The van der Waals surface area contributed by atoms with Crippen molar-refractivity contribution in [2.75, 3.05) is 39.4 Å². The van der Waals surface area contributed by atoms with Crippen LogP contribution in [0.1, 0.15) is 28.7 Å². The lowest BCUT2D eigenvalue weighted by atomic mass is 10.0. The molecule has 0 radical (unpaired) electrons. The van der Waals surface area contributed by atoms with E-state index in [0.29, 0.717) is 0 Å². The van der Waals surface area contributed by atoms with Gasteiger partial charge in [0.05, 0.1) is 13.2 Å². The van der Waals surface area contributed by atoms with Crippen molar-refractivity contribution in [2.24, 2.45) is 0 Å². The van der Waals surface area contributed by atoms with E-state index in [9.17, 15) is 0 Å². The van der Waals surface area contributed by atoms with Gasteiger partial charge in [-0.05, 0) is 62.5 Å². The first-order valence-corrected chi connectivity index (χ1v) is 7.74. The topological polar surface area (TPSA) is 24.5 Å². The van der Waals surface area contributed by atoms with Gasteiger partial charge in [0, 0.05) is 19.6 Å². The Labute approximate surface area is 123 Å². The Bertz CT molecular complexity index is 425. The molecule has 0 bridgehead atoms. The van der Waals surface area contributed by atoms with Gasteiger partial charge in [-0.2, -0.15) is 0 Å². The highest BCUT2D eigenvalue weighted by molar-refractivity contribution is 5.36. The van der Waals surface area contributed by atoms with Gasteiger partial charge in [-0.3, -0.25) is 4.90 Å². The molecule has 1 heterocycles. The molecular weight excluding hydrogens is 248 g/mol. The molecule has 1 N–H and O–H groups in total. The first-order chi connectivity index (χ1) is 9.66. The standard InChI is InChI=1S/C17H28N2O/c1-14-11-16(3)17(12-15(14)2)13-18-5-4-6-19-7-9-20-10-8-19/h11-12,18H,4-10,13H2,1-3H3. The fourth-order valence-electron chi connectivity index (χ4n) is 2.69. The highest BCUT2D eigenvalue weighted by atomic mass is 16.5. The minimum absolute atomic E-state index is 0.898. The van der Waals surface area contributed by atoms with Gasteiger partial charge in [0.2, 0.25) is 0 Å². The predicted molar refractivity (Wildman–Crippen MR) is 84.2 cm³/mol. The highest BCUT2D eigenvalue weighted by Gasteiger charge is 2.09. The molecule has 1 aliphatic rings. The molecule has 0 unspecified atom stereocenters. The van der Waals surface area contributed by atoms with Crippen LogP contribution in [-0.2, 0) is 11.3 Å². The van der Waals surface area contributed by atoms with Crippen molar-refractivity contribution in [3.05, 3.63) is 34.4 Å². The number of nitrogens with zero attached hydrogens (tertiary/aromatic N) is 1. The van der Waals surface area contributed by atoms with Gasteiger partial charge < -0.3 is 10.1 Å². The van der Waals surface area contributed by atoms with Gasteiger partial charge in [0.1, 0.15) is 0 Å². The molecule has 0 amide bonds. The third-order valence-corrected chi connectivity index (χ3v) is 4.20. The summed E-state index contributed by atoms with van der Waals surface area (Å²) >= 11 is 0. The zero-order chi connectivity index (χ0) is 14.4. The zero-order valence-corrected chi connectivity index (χ0v) is 13.2. The highest BCUT2D eigenvalue weighted by Crippen LogP contribution is 2.15. The van der Waals surface area contributed by atoms with E-state index in [2.05, 4.69) is 43.1 Å². The Balaban J connectivity index is 1.66. The first-order valence-electron chi connectivity index (χ1n) is 7.74. The molecule has 0 aromatic heterocycles. The Morgan fingerprint density at radius 3 is 2.50 bits per heavy atom. The molecule has 1 saturated heterocycles. The third-order valence-electron chi connectivity index (χ3n) is 4.20. The van der Waals surface area contributed by atoms with E-state index in [0.717, 1.165) is 39.4 Å². The Kier molecular flexibility index (Phi) is 6.02. The van der Waals surface area contributed by atoms with Crippen molar-refractivity contribution >= 4 is 0 Å². The number of hydrogen-bond acceptors (Lipinski definition) is 3. The lowest BCUT2D eigenvalue weighted by molar-refractivity contribution is 0.0374. The second-order valence-corrected chi connectivity index (χ2v) is 5.85. The molecule has 3 heteroatoms. The average molecular weight is 276 g/mol. The number of morpholine rings is 1. The van der Waals surface area contributed by atoms with Gasteiger partial charge in [-0.1, -0.05) is 12.1 Å². The van der Waals surface area contributed by atoms with Gasteiger partial charge in [0.25, 0.3) is 0 Å². The normalized spacial score (nSPS) is 16.6. The van der Waals surface area contributed by atoms with Crippen LogP contribution in [0.25, 0.3) is 0 Å². The summed E-state index contributed by atoms with van der Waals surface area (Å²) in [5.41, 5.74) is 5.60. The van der Waals surface area contributed by atoms with E-state index in [-0.39, 0.29) is 0 Å². The molecule has 0 saturated carbocycles. The Hall–Kier alpha value is -0.900. The Morgan fingerprint density at radius 1 is 1.05 bits per heavy atom. The second-order valence-electron chi connectivity index (χ2n) is 5.85. The summed E-state index contributed by atoms with van der Waals surface area (Å²) in [6.07, 6.45) is 1.21. The average Bonchev–Trinajstić information content (AvgIpc) is 2.45. The van der Waals surface area contributed by atoms with E-state index in [1.54, 1.807) is 0 Å². The van der Waals surface area contributed by atoms with E-state index in [4.69, 9.17) is 4.74 Å². The van der Waals surface area contributed by atoms with Gasteiger partial charge in [-0.25, -0.2) is 0 Å². The number of ether oxygens (including phenoxy) is 1. The van der Waals surface area contributed by atoms with Gasteiger partial charge >= 0.3 is 0 Å². The summed E-state index contributed by atoms with van der Waals surface area (Å²) in [5.74, 6) is 0. The first kappa shape index (κ1) is 15.5. The SMILES string of the molecule is Cc1cc(C)c(CNCCCN2CCOCC2)cc1C. The number of hydrogen-bond donors (Lipinski definition) is 1. The monoisotopic (exact) mass is 276 g/mol. The molecule has 0 atom stereocenters. The summed E-state index contributed by atoms with van der Waals surface area (Å²) in [6.45, 7) is 13.8. The van der Waals surface area contributed by atoms with Crippen LogP contribution in [0.15, 0.2) is 12.1 Å². The maximum absolute atomic E-state index is 5.36. The molecule has 1 aromatic carbocycles. The molecular formula is C17H28N2O. The fraction of sp³-hybridized carbons (Fsp3) is 0.647. The second kappa shape index (κ2) is 7.77. The molecule has 0 spiro atoms. The summed E-state index contributed by atoms with van der Waals surface area (Å²) in [7, 11) is 0. The minimum Gasteiger partial charge on any atom is -0.379 e. The van der Waals surface area contributed by atoms with Crippen LogP contribution >= 0.6 is 0 Å². The number of aryl methyl sites for hydroxylation is 3. The molecule has 112 valence electrons. The van der Waals surface area contributed by atoms with Crippen LogP contribution in [0.4, 0.5) is 0 Å². The van der Waals surface area contributed by atoms with E-state index >= 15 is 0 Å². The predicted octanol–water partition coefficient (Wildman–Crippen LogP) is 2.42. The smallest absolute Gasteiger partial charge is 0.0594 e. The maximum Gasteiger partial charge on any atom is 0.0594 e. The minimum atomic E-state index is 0.898. The largest absolute Gasteiger partial charge is 0.379 e. The lowest BCUT2D eigenvalue weighted by Crippen LogP contribution is -2.37. The van der Waals surface area contributed by atoms with Crippen LogP contribution in [0.5, 0.6) is 0 Å². The number of nitrogens with one attached hydrogen (secondary N) is 1. The van der Waals surface area contributed by atoms with Crippen molar-refractivity contribution in [3.8, 4) is 0 Å². The molecule has 0 aliphatic carbocycles. The quantitative estimate of drug-likeness (QED) is 0.808.